The molecule has 0 atom stereocenters. The smallest absolute Gasteiger partial charge is 0.214 e. The summed E-state index contributed by atoms with van der Waals surface area (Å²) in [5, 5.41) is 21.5. The van der Waals surface area contributed by atoms with Crippen molar-refractivity contribution in [3.8, 4) is 0 Å². The molecule has 1 heterocycles. The van der Waals surface area contributed by atoms with E-state index in [0.29, 0.717) is 0 Å². The highest BCUT2D eigenvalue weighted by Gasteiger charge is 2.11. The Balaban J connectivity index is 1.03. The molecule has 5 rings (SSSR count). The first-order chi connectivity index (χ1) is 25.0. The molecule has 51 heavy (non-hydrogen) atoms. The van der Waals surface area contributed by atoms with Gasteiger partial charge in [-0.1, -0.05) is 58.5 Å². The number of para-hydroxylation sites is 2. The molecule has 4 aromatic carbocycles. The Kier molecular flexibility index (Phi) is 14.4. The first-order valence-corrected chi connectivity index (χ1v) is 19.9. The molecule has 262 valence electrons. The predicted octanol–water partition coefficient (Wildman–Crippen LogP) is 10.0. The summed E-state index contributed by atoms with van der Waals surface area (Å²) in [5.41, 5.74) is 9.03. The zero-order valence-electron chi connectivity index (χ0n) is 30.0. The number of nitrogens with zero attached hydrogens (tertiary/aromatic N) is 7. The third-order valence-electron chi connectivity index (χ3n) is 8.41. The minimum Gasteiger partial charge on any atom is -0.374 e. The lowest BCUT2D eigenvalue weighted by atomic mass is 10.1. The first kappa shape index (κ1) is 37.5. The standard InChI is InChI=1S/C41H47N8S2/c1-6-13-39(36-14-9-11-16-38(36)42-7-2)45-43-32-18-22-34(23-19-32)47(4)28-30-50-51-31-29-48(5)35-24-20-33(21-25-35)44-46-40-26-27-49(8-3)41-17-12-10-15-37(40)41/h6,9-27,42H,1,7-8,28-31H2,2-5H3/q+1/p+1/b39-13+,45-43?. The highest BCUT2D eigenvalue weighted by atomic mass is 33.1. The fourth-order valence-electron chi connectivity index (χ4n) is 5.55. The zero-order valence-corrected chi connectivity index (χ0v) is 31.7. The zero-order chi connectivity index (χ0) is 35.8. The summed E-state index contributed by atoms with van der Waals surface area (Å²) in [5.74, 6) is 2.07. The highest BCUT2D eigenvalue weighted by Crippen LogP contribution is 2.29. The van der Waals surface area contributed by atoms with Crippen molar-refractivity contribution in [3.63, 3.8) is 0 Å². The molecule has 0 fully saturated rings. The minimum absolute atomic E-state index is 0.797. The lowest BCUT2D eigenvalue weighted by Gasteiger charge is -2.20. The number of aromatic nitrogens is 1. The average Bonchev–Trinajstić information content (AvgIpc) is 3.17. The maximum Gasteiger partial charge on any atom is 0.214 e. The van der Waals surface area contributed by atoms with Gasteiger partial charge in [-0.05, 0) is 86.7 Å². The van der Waals surface area contributed by atoms with Crippen LogP contribution in [0.5, 0.6) is 0 Å². The Morgan fingerprint density at radius 3 is 1.98 bits per heavy atom. The number of hydrogen-bond donors (Lipinski definition) is 1. The van der Waals surface area contributed by atoms with Gasteiger partial charge in [0.25, 0.3) is 0 Å². The predicted molar refractivity (Wildman–Crippen MR) is 220 cm³/mol. The van der Waals surface area contributed by atoms with E-state index in [1.165, 1.54) is 5.69 Å². The van der Waals surface area contributed by atoms with Gasteiger partial charge in [-0.2, -0.15) is 14.8 Å². The van der Waals surface area contributed by atoms with E-state index in [9.17, 15) is 0 Å². The second kappa shape index (κ2) is 19.6. The number of benzene rings is 4. The van der Waals surface area contributed by atoms with E-state index in [4.69, 9.17) is 0 Å². The van der Waals surface area contributed by atoms with E-state index in [2.05, 4.69) is 135 Å². The van der Waals surface area contributed by atoms with Crippen molar-refractivity contribution in [2.45, 2.75) is 20.4 Å². The van der Waals surface area contributed by atoms with Crippen molar-refractivity contribution in [1.29, 1.82) is 0 Å². The molecule has 5 aromatic rings. The Hall–Kier alpha value is -4.77. The Morgan fingerprint density at radius 1 is 0.745 bits per heavy atom. The van der Waals surface area contributed by atoms with Crippen LogP contribution in [0.3, 0.4) is 0 Å². The SMILES string of the molecule is C=C/C=C(/N=Nc1ccc(N(C)CCSSCCN(C)c2ccc(N=Nc3cc[n+](CC)c4ccccc34)cc2)cc1)c1ccccc1[NH2+]CC. The third kappa shape index (κ3) is 10.6. The topological polar surface area (TPSA) is 76.4 Å². The molecule has 0 unspecified atom stereocenters. The largest absolute Gasteiger partial charge is 0.374 e. The minimum atomic E-state index is 0.797. The van der Waals surface area contributed by atoms with Crippen molar-refractivity contribution >= 4 is 72.3 Å². The van der Waals surface area contributed by atoms with Gasteiger partial charge in [-0.15, -0.1) is 10.2 Å². The summed E-state index contributed by atoms with van der Waals surface area (Å²) >= 11 is 0. The Labute approximate surface area is 310 Å². The molecule has 0 aliphatic carbocycles. The maximum absolute atomic E-state index is 4.58. The van der Waals surface area contributed by atoms with Crippen molar-refractivity contribution in [2.24, 2.45) is 20.5 Å². The molecule has 8 nitrogen and oxygen atoms in total. The van der Waals surface area contributed by atoms with Crippen LogP contribution in [-0.4, -0.2) is 45.2 Å². The maximum atomic E-state index is 4.58. The van der Waals surface area contributed by atoms with Crippen molar-refractivity contribution in [3.05, 3.63) is 134 Å². The van der Waals surface area contributed by atoms with E-state index < -0.39 is 0 Å². The van der Waals surface area contributed by atoms with Gasteiger partial charge in [0.05, 0.1) is 34.6 Å². The van der Waals surface area contributed by atoms with Crippen LogP contribution < -0.4 is 19.7 Å². The number of hydrogen-bond acceptors (Lipinski definition) is 8. The summed E-state index contributed by atoms with van der Waals surface area (Å²) in [6.45, 7) is 11.9. The van der Waals surface area contributed by atoms with Gasteiger partial charge in [-0.3, -0.25) is 0 Å². The van der Waals surface area contributed by atoms with Crippen LogP contribution in [0.1, 0.15) is 19.4 Å². The molecular weight excluding hydrogens is 669 g/mol. The van der Waals surface area contributed by atoms with Gasteiger partial charge in [-0.25, -0.2) is 0 Å². The van der Waals surface area contributed by atoms with Gasteiger partial charge in [0.2, 0.25) is 5.52 Å². The molecule has 0 amide bonds. The lowest BCUT2D eigenvalue weighted by Crippen LogP contribution is -2.77. The quantitative estimate of drug-likeness (QED) is 0.0245. The summed E-state index contributed by atoms with van der Waals surface area (Å²) in [6.07, 6.45) is 5.73. The monoisotopic (exact) mass is 716 g/mol. The molecule has 0 aliphatic heterocycles. The van der Waals surface area contributed by atoms with Gasteiger partial charge in [0.15, 0.2) is 6.20 Å². The van der Waals surface area contributed by atoms with Crippen LogP contribution in [0.2, 0.25) is 0 Å². The van der Waals surface area contributed by atoms with Gasteiger partial charge < -0.3 is 15.1 Å². The average molecular weight is 717 g/mol. The number of azo groups is 2. The first-order valence-electron chi connectivity index (χ1n) is 17.4. The Morgan fingerprint density at radius 2 is 1.35 bits per heavy atom. The van der Waals surface area contributed by atoms with Crippen LogP contribution in [0.4, 0.5) is 34.1 Å². The third-order valence-corrected chi connectivity index (χ3v) is 10.8. The van der Waals surface area contributed by atoms with Gasteiger partial charge in [0.1, 0.15) is 17.9 Å². The lowest BCUT2D eigenvalue weighted by molar-refractivity contribution is -0.667. The summed E-state index contributed by atoms with van der Waals surface area (Å²) in [4.78, 5) is 4.56. The number of anilines is 2. The van der Waals surface area contributed by atoms with E-state index in [1.807, 2.05) is 76.2 Å². The number of nitrogens with two attached hydrogens (primary N) is 1. The molecule has 1 aromatic heterocycles. The fraction of sp³-hybridized carbons (Fsp3) is 0.244. The van der Waals surface area contributed by atoms with Crippen LogP contribution in [0.25, 0.3) is 16.6 Å². The summed E-state index contributed by atoms with van der Waals surface area (Å²) in [7, 11) is 8.10. The highest BCUT2D eigenvalue weighted by molar-refractivity contribution is 8.76. The second-order valence-electron chi connectivity index (χ2n) is 11.9. The molecule has 0 saturated carbocycles. The number of fused-ring (bicyclic) bond motifs is 1. The summed E-state index contributed by atoms with van der Waals surface area (Å²) < 4.78 is 2.22. The molecule has 2 N–H and O–H groups in total. The van der Waals surface area contributed by atoms with E-state index in [0.717, 1.165) is 88.3 Å². The number of allylic oxidation sites excluding steroid dienone is 2. The van der Waals surface area contributed by atoms with Crippen molar-refractivity contribution in [2.75, 3.05) is 55.0 Å². The van der Waals surface area contributed by atoms with Crippen LogP contribution in [0, 0.1) is 0 Å². The van der Waals surface area contributed by atoms with Gasteiger partial charge in [0, 0.05) is 62.2 Å². The molecule has 0 bridgehead atoms. The molecule has 10 heteroatoms. The fourth-order valence-corrected chi connectivity index (χ4v) is 7.63. The second-order valence-corrected chi connectivity index (χ2v) is 14.6. The van der Waals surface area contributed by atoms with Crippen LogP contribution >= 0.6 is 21.6 Å². The van der Waals surface area contributed by atoms with Gasteiger partial charge >= 0.3 is 0 Å². The molecule has 0 saturated heterocycles. The molecule has 0 radical (unpaired) electrons. The normalized spacial score (nSPS) is 11.9. The molecule has 0 spiro atoms. The molecular formula is C41H48N8S2+2. The van der Waals surface area contributed by atoms with Crippen molar-refractivity contribution < 1.29 is 9.88 Å². The van der Waals surface area contributed by atoms with Crippen molar-refractivity contribution in [1.82, 2.24) is 0 Å². The van der Waals surface area contributed by atoms with Crippen LogP contribution in [-0.2, 0) is 6.54 Å². The number of pyridine rings is 1. The summed E-state index contributed by atoms with van der Waals surface area (Å²) in [6, 6.07) is 35.2. The number of rotatable bonds is 18. The number of quaternary nitrogens is 1. The van der Waals surface area contributed by atoms with E-state index in [-0.39, 0.29) is 0 Å². The number of aryl methyl sites for hydroxylation is 1. The van der Waals surface area contributed by atoms with E-state index >= 15 is 0 Å². The Bertz CT molecular complexity index is 1960. The molecule has 0 aliphatic rings. The van der Waals surface area contributed by atoms with Crippen LogP contribution in [0.15, 0.2) is 149 Å². The van der Waals surface area contributed by atoms with E-state index in [1.54, 1.807) is 6.08 Å².